The Morgan fingerprint density at radius 2 is 2.10 bits per heavy atom. The van der Waals surface area contributed by atoms with E-state index in [1.165, 1.54) is 0 Å². The summed E-state index contributed by atoms with van der Waals surface area (Å²) >= 11 is 0. The van der Waals surface area contributed by atoms with E-state index in [0.717, 1.165) is 38.0 Å². The molecule has 1 aromatic rings. The smallest absolute Gasteiger partial charge is 0.257 e. The summed E-state index contributed by atoms with van der Waals surface area (Å²) in [5, 5.41) is 13.3. The molecule has 2 N–H and O–H groups in total. The Kier molecular flexibility index (Phi) is 5.01. The number of piperidine rings is 1. The maximum atomic E-state index is 12.5. The SMILES string of the molecule is CCN(CC1CCNCC1)C(=O)c1ccc(C)cc1O. The molecule has 1 fully saturated rings. The molecular formula is C16H24N2O2. The van der Waals surface area contributed by atoms with Gasteiger partial charge in [-0.25, -0.2) is 0 Å². The van der Waals surface area contributed by atoms with Crippen LogP contribution < -0.4 is 5.32 Å². The van der Waals surface area contributed by atoms with Crippen LogP contribution in [0.5, 0.6) is 5.75 Å². The molecule has 110 valence electrons. The van der Waals surface area contributed by atoms with Crippen molar-refractivity contribution in [2.24, 2.45) is 5.92 Å². The third kappa shape index (κ3) is 3.51. The maximum absolute atomic E-state index is 12.5. The molecule has 0 radical (unpaired) electrons. The van der Waals surface area contributed by atoms with Crippen LogP contribution in [0, 0.1) is 12.8 Å². The lowest BCUT2D eigenvalue weighted by atomic mass is 9.97. The molecule has 1 aliphatic rings. The fourth-order valence-electron chi connectivity index (χ4n) is 2.72. The van der Waals surface area contributed by atoms with E-state index in [4.69, 9.17) is 0 Å². The summed E-state index contributed by atoms with van der Waals surface area (Å²) in [6.07, 6.45) is 2.23. The number of aromatic hydroxyl groups is 1. The second-order valence-corrected chi connectivity index (χ2v) is 5.56. The summed E-state index contributed by atoms with van der Waals surface area (Å²) < 4.78 is 0. The van der Waals surface area contributed by atoms with Gasteiger partial charge in [-0.2, -0.15) is 0 Å². The highest BCUT2D eigenvalue weighted by Gasteiger charge is 2.22. The number of phenolic OH excluding ortho intramolecular Hbond substituents is 1. The summed E-state index contributed by atoms with van der Waals surface area (Å²) in [6, 6.07) is 5.23. The first kappa shape index (κ1) is 14.9. The Labute approximate surface area is 120 Å². The van der Waals surface area contributed by atoms with Gasteiger partial charge in [0.05, 0.1) is 5.56 Å². The number of carbonyl (C=O) groups is 1. The predicted octanol–water partition coefficient (Wildman–Crippen LogP) is 2.16. The van der Waals surface area contributed by atoms with E-state index in [-0.39, 0.29) is 11.7 Å². The fraction of sp³-hybridized carbons (Fsp3) is 0.562. The maximum Gasteiger partial charge on any atom is 0.257 e. The van der Waals surface area contributed by atoms with E-state index < -0.39 is 0 Å². The van der Waals surface area contributed by atoms with Gasteiger partial charge >= 0.3 is 0 Å². The number of rotatable bonds is 4. The Morgan fingerprint density at radius 1 is 1.40 bits per heavy atom. The summed E-state index contributed by atoms with van der Waals surface area (Å²) in [7, 11) is 0. The lowest BCUT2D eigenvalue weighted by Gasteiger charge is -2.29. The van der Waals surface area contributed by atoms with Crippen LogP contribution in [-0.4, -0.2) is 42.1 Å². The van der Waals surface area contributed by atoms with Crippen molar-refractivity contribution >= 4 is 5.91 Å². The first-order chi connectivity index (χ1) is 9.61. The zero-order chi connectivity index (χ0) is 14.5. The highest BCUT2D eigenvalue weighted by molar-refractivity contribution is 5.96. The van der Waals surface area contributed by atoms with Crippen molar-refractivity contribution in [1.82, 2.24) is 10.2 Å². The average Bonchev–Trinajstić information content (AvgIpc) is 2.45. The molecule has 0 atom stereocenters. The molecule has 0 unspecified atom stereocenters. The lowest BCUT2D eigenvalue weighted by Crippen LogP contribution is -2.39. The van der Waals surface area contributed by atoms with Crippen LogP contribution in [-0.2, 0) is 0 Å². The molecule has 0 saturated carbocycles. The van der Waals surface area contributed by atoms with Crippen molar-refractivity contribution in [2.45, 2.75) is 26.7 Å². The number of nitrogens with zero attached hydrogens (tertiary/aromatic N) is 1. The number of phenols is 1. The summed E-state index contributed by atoms with van der Waals surface area (Å²) in [5.41, 5.74) is 1.37. The molecule has 20 heavy (non-hydrogen) atoms. The molecule has 1 aromatic carbocycles. The molecule has 1 heterocycles. The van der Waals surface area contributed by atoms with Crippen LogP contribution in [0.2, 0.25) is 0 Å². The molecule has 0 aliphatic carbocycles. The second-order valence-electron chi connectivity index (χ2n) is 5.56. The third-order valence-electron chi connectivity index (χ3n) is 3.99. The molecule has 1 saturated heterocycles. The quantitative estimate of drug-likeness (QED) is 0.886. The van der Waals surface area contributed by atoms with E-state index in [1.54, 1.807) is 12.1 Å². The van der Waals surface area contributed by atoms with Gasteiger partial charge < -0.3 is 15.3 Å². The van der Waals surface area contributed by atoms with Gasteiger partial charge in [0.2, 0.25) is 0 Å². The predicted molar refractivity (Wildman–Crippen MR) is 80.0 cm³/mol. The van der Waals surface area contributed by atoms with Gasteiger partial charge in [-0.05, 0) is 63.4 Å². The minimum absolute atomic E-state index is 0.0662. The molecule has 0 spiro atoms. The third-order valence-corrected chi connectivity index (χ3v) is 3.99. The van der Waals surface area contributed by atoms with Crippen molar-refractivity contribution in [2.75, 3.05) is 26.2 Å². The van der Waals surface area contributed by atoms with E-state index in [1.807, 2.05) is 24.8 Å². The monoisotopic (exact) mass is 276 g/mol. The largest absolute Gasteiger partial charge is 0.507 e. The van der Waals surface area contributed by atoms with Gasteiger partial charge in [0, 0.05) is 13.1 Å². The Morgan fingerprint density at radius 3 is 2.70 bits per heavy atom. The van der Waals surface area contributed by atoms with Crippen LogP contribution in [0.1, 0.15) is 35.7 Å². The van der Waals surface area contributed by atoms with Crippen LogP contribution in [0.15, 0.2) is 18.2 Å². The highest BCUT2D eigenvalue weighted by Crippen LogP contribution is 2.22. The number of benzene rings is 1. The van der Waals surface area contributed by atoms with Crippen LogP contribution >= 0.6 is 0 Å². The van der Waals surface area contributed by atoms with Crippen molar-refractivity contribution in [3.63, 3.8) is 0 Å². The topological polar surface area (TPSA) is 52.6 Å². The standard InChI is InChI=1S/C16H24N2O2/c1-3-18(11-13-6-8-17-9-7-13)16(20)14-5-4-12(2)10-15(14)19/h4-5,10,13,17,19H,3,6-9,11H2,1-2H3. The molecule has 0 bridgehead atoms. The number of hydrogen-bond acceptors (Lipinski definition) is 3. The minimum atomic E-state index is -0.0662. The Balaban J connectivity index is 2.07. The number of nitrogens with one attached hydrogen (secondary N) is 1. The van der Waals surface area contributed by atoms with Gasteiger partial charge in [-0.1, -0.05) is 6.07 Å². The van der Waals surface area contributed by atoms with E-state index in [0.29, 0.717) is 18.0 Å². The zero-order valence-electron chi connectivity index (χ0n) is 12.4. The van der Waals surface area contributed by atoms with Gasteiger partial charge in [0.15, 0.2) is 0 Å². The normalized spacial score (nSPS) is 16.1. The van der Waals surface area contributed by atoms with Crippen molar-refractivity contribution in [1.29, 1.82) is 0 Å². The second kappa shape index (κ2) is 6.75. The van der Waals surface area contributed by atoms with Crippen molar-refractivity contribution in [3.8, 4) is 5.75 Å². The lowest BCUT2D eigenvalue weighted by molar-refractivity contribution is 0.0724. The molecule has 4 heteroatoms. The average molecular weight is 276 g/mol. The molecule has 1 aliphatic heterocycles. The van der Waals surface area contributed by atoms with Gasteiger partial charge in [0.25, 0.3) is 5.91 Å². The molecule has 4 nitrogen and oxygen atoms in total. The Bertz CT molecular complexity index is 468. The first-order valence-electron chi connectivity index (χ1n) is 7.41. The number of amides is 1. The van der Waals surface area contributed by atoms with E-state index in [2.05, 4.69) is 5.32 Å². The summed E-state index contributed by atoms with van der Waals surface area (Å²) in [4.78, 5) is 14.4. The van der Waals surface area contributed by atoms with Crippen LogP contribution in [0.25, 0.3) is 0 Å². The first-order valence-corrected chi connectivity index (χ1v) is 7.41. The fourth-order valence-corrected chi connectivity index (χ4v) is 2.72. The zero-order valence-corrected chi connectivity index (χ0v) is 12.4. The van der Waals surface area contributed by atoms with Crippen molar-refractivity contribution in [3.05, 3.63) is 29.3 Å². The summed E-state index contributed by atoms with van der Waals surface area (Å²) in [5.74, 6) is 0.579. The van der Waals surface area contributed by atoms with Crippen molar-refractivity contribution < 1.29 is 9.90 Å². The van der Waals surface area contributed by atoms with E-state index in [9.17, 15) is 9.90 Å². The summed E-state index contributed by atoms with van der Waals surface area (Å²) in [6.45, 7) is 7.42. The van der Waals surface area contributed by atoms with Crippen LogP contribution in [0.3, 0.4) is 0 Å². The molecule has 2 rings (SSSR count). The van der Waals surface area contributed by atoms with Gasteiger partial charge in [0.1, 0.15) is 5.75 Å². The van der Waals surface area contributed by atoms with Crippen LogP contribution in [0.4, 0.5) is 0 Å². The Hall–Kier alpha value is -1.55. The number of aryl methyl sites for hydroxylation is 1. The highest BCUT2D eigenvalue weighted by atomic mass is 16.3. The van der Waals surface area contributed by atoms with E-state index >= 15 is 0 Å². The van der Waals surface area contributed by atoms with Gasteiger partial charge in [-0.15, -0.1) is 0 Å². The molecule has 1 amide bonds. The number of carbonyl (C=O) groups excluding carboxylic acids is 1. The molecular weight excluding hydrogens is 252 g/mol. The minimum Gasteiger partial charge on any atom is -0.507 e. The van der Waals surface area contributed by atoms with Gasteiger partial charge in [-0.3, -0.25) is 4.79 Å². The molecule has 0 aromatic heterocycles. The number of hydrogen-bond donors (Lipinski definition) is 2.